The van der Waals surface area contributed by atoms with Crippen molar-refractivity contribution in [1.82, 2.24) is 4.90 Å². The van der Waals surface area contributed by atoms with E-state index < -0.39 is 30.4 Å². The van der Waals surface area contributed by atoms with Gasteiger partial charge in [-0.1, -0.05) is 6.07 Å². The number of aliphatic hydroxyl groups excluding tert-OH is 1. The Labute approximate surface area is 113 Å². The molecular formula is C12H14F2N2O4. The molecule has 8 heteroatoms. The van der Waals surface area contributed by atoms with Crippen LogP contribution in [0.3, 0.4) is 0 Å². The van der Waals surface area contributed by atoms with E-state index in [0.29, 0.717) is 5.56 Å². The van der Waals surface area contributed by atoms with Crippen molar-refractivity contribution >= 4 is 11.6 Å². The van der Waals surface area contributed by atoms with E-state index in [1.54, 1.807) is 0 Å². The second-order valence-electron chi connectivity index (χ2n) is 4.12. The smallest absolute Gasteiger partial charge is 0.273 e. The van der Waals surface area contributed by atoms with Gasteiger partial charge in [0.25, 0.3) is 18.0 Å². The lowest BCUT2D eigenvalue weighted by atomic mass is 10.1. The van der Waals surface area contributed by atoms with Gasteiger partial charge in [-0.3, -0.25) is 14.9 Å². The molecule has 0 saturated carbocycles. The summed E-state index contributed by atoms with van der Waals surface area (Å²) in [4.78, 5) is 22.9. The summed E-state index contributed by atoms with van der Waals surface area (Å²) in [5.74, 6) is -0.776. The molecule has 110 valence electrons. The van der Waals surface area contributed by atoms with Crippen molar-refractivity contribution in [2.45, 2.75) is 13.3 Å². The van der Waals surface area contributed by atoms with E-state index in [4.69, 9.17) is 5.11 Å². The number of nitro benzene ring substituents is 1. The van der Waals surface area contributed by atoms with Gasteiger partial charge >= 0.3 is 0 Å². The molecule has 20 heavy (non-hydrogen) atoms. The van der Waals surface area contributed by atoms with Crippen LogP contribution >= 0.6 is 0 Å². The zero-order chi connectivity index (χ0) is 15.3. The molecular weight excluding hydrogens is 274 g/mol. The number of rotatable bonds is 6. The number of hydrogen-bond donors (Lipinski definition) is 1. The Kier molecular flexibility index (Phi) is 5.51. The number of carbonyl (C=O) groups excluding carboxylic acids is 1. The van der Waals surface area contributed by atoms with Crippen LogP contribution in [0.4, 0.5) is 14.5 Å². The average molecular weight is 288 g/mol. The summed E-state index contributed by atoms with van der Waals surface area (Å²) in [6, 6.07) is 3.76. The molecule has 6 nitrogen and oxygen atoms in total. The molecule has 0 radical (unpaired) electrons. The van der Waals surface area contributed by atoms with Crippen molar-refractivity contribution in [2.24, 2.45) is 0 Å². The minimum Gasteiger partial charge on any atom is -0.395 e. The molecule has 0 unspecified atom stereocenters. The number of carbonyl (C=O) groups is 1. The van der Waals surface area contributed by atoms with E-state index in [9.17, 15) is 23.7 Å². The molecule has 0 atom stereocenters. The summed E-state index contributed by atoms with van der Waals surface area (Å²) in [6.45, 7) is -0.0463. The number of amides is 1. The molecule has 1 aromatic rings. The lowest BCUT2D eigenvalue weighted by Gasteiger charge is -2.21. The van der Waals surface area contributed by atoms with Crippen LogP contribution in [0.25, 0.3) is 0 Å². The largest absolute Gasteiger partial charge is 0.395 e. The fourth-order valence-electron chi connectivity index (χ4n) is 1.68. The third kappa shape index (κ3) is 3.95. The minimum atomic E-state index is -2.74. The SMILES string of the molecule is Cc1ccc(C(=O)N(CCO)CC(F)F)cc1[N+](=O)[O-]. The van der Waals surface area contributed by atoms with Crippen LogP contribution in [0.5, 0.6) is 0 Å². The number of nitrogens with zero attached hydrogens (tertiary/aromatic N) is 2. The zero-order valence-electron chi connectivity index (χ0n) is 10.8. The van der Waals surface area contributed by atoms with Crippen LogP contribution < -0.4 is 0 Å². The maximum atomic E-state index is 12.4. The first-order valence-electron chi connectivity index (χ1n) is 5.80. The second-order valence-corrected chi connectivity index (χ2v) is 4.12. The Morgan fingerprint density at radius 3 is 2.65 bits per heavy atom. The molecule has 1 N–H and O–H groups in total. The summed E-state index contributed by atoms with van der Waals surface area (Å²) in [5, 5.41) is 19.6. The fourth-order valence-corrected chi connectivity index (χ4v) is 1.68. The fraction of sp³-hybridized carbons (Fsp3) is 0.417. The van der Waals surface area contributed by atoms with Crippen molar-refractivity contribution in [3.63, 3.8) is 0 Å². The molecule has 0 aromatic heterocycles. The van der Waals surface area contributed by atoms with Gasteiger partial charge in [-0.05, 0) is 13.0 Å². The third-order valence-corrected chi connectivity index (χ3v) is 2.67. The maximum Gasteiger partial charge on any atom is 0.273 e. The van der Waals surface area contributed by atoms with Crippen LogP contribution in [-0.2, 0) is 0 Å². The predicted molar refractivity (Wildman–Crippen MR) is 66.8 cm³/mol. The van der Waals surface area contributed by atoms with Crippen LogP contribution in [0.1, 0.15) is 15.9 Å². The molecule has 0 aliphatic rings. The van der Waals surface area contributed by atoms with Crippen molar-refractivity contribution < 1.29 is 23.6 Å². The molecule has 0 fully saturated rings. The first-order chi connectivity index (χ1) is 9.36. The Hall–Kier alpha value is -2.09. The van der Waals surface area contributed by atoms with Gasteiger partial charge in [0.1, 0.15) is 0 Å². The van der Waals surface area contributed by atoms with Gasteiger partial charge in [0.15, 0.2) is 0 Å². The van der Waals surface area contributed by atoms with Gasteiger partial charge < -0.3 is 10.0 Å². The number of alkyl halides is 2. The van der Waals surface area contributed by atoms with Gasteiger partial charge in [0, 0.05) is 23.7 Å². The average Bonchev–Trinajstić information content (AvgIpc) is 2.37. The molecule has 0 spiro atoms. The number of nitro groups is 1. The number of hydrogen-bond acceptors (Lipinski definition) is 4. The molecule has 0 bridgehead atoms. The lowest BCUT2D eigenvalue weighted by molar-refractivity contribution is -0.385. The topological polar surface area (TPSA) is 83.7 Å². The van der Waals surface area contributed by atoms with Crippen LogP contribution in [0.2, 0.25) is 0 Å². The summed E-state index contributed by atoms with van der Waals surface area (Å²) in [7, 11) is 0. The molecule has 0 saturated heterocycles. The normalized spacial score (nSPS) is 10.7. The number of aliphatic hydroxyl groups is 1. The molecule has 0 heterocycles. The summed E-state index contributed by atoms with van der Waals surface area (Å²) in [6.07, 6.45) is -2.74. The quantitative estimate of drug-likeness (QED) is 0.636. The van der Waals surface area contributed by atoms with E-state index in [2.05, 4.69) is 0 Å². The Balaban J connectivity index is 3.05. The van der Waals surface area contributed by atoms with Crippen LogP contribution in [-0.4, -0.2) is 47.0 Å². The van der Waals surface area contributed by atoms with E-state index in [-0.39, 0.29) is 17.8 Å². The van der Waals surface area contributed by atoms with E-state index in [1.807, 2.05) is 0 Å². The van der Waals surface area contributed by atoms with E-state index in [0.717, 1.165) is 11.0 Å². The van der Waals surface area contributed by atoms with Crippen molar-refractivity contribution in [2.75, 3.05) is 19.7 Å². The minimum absolute atomic E-state index is 0.0589. The molecule has 0 aliphatic heterocycles. The van der Waals surface area contributed by atoms with E-state index >= 15 is 0 Å². The summed E-state index contributed by atoms with van der Waals surface area (Å²) >= 11 is 0. The van der Waals surface area contributed by atoms with Crippen molar-refractivity contribution in [1.29, 1.82) is 0 Å². The molecule has 1 rings (SSSR count). The number of benzene rings is 1. The van der Waals surface area contributed by atoms with Gasteiger partial charge in [0.05, 0.1) is 18.1 Å². The highest BCUT2D eigenvalue weighted by atomic mass is 19.3. The Bertz CT molecular complexity index is 508. The maximum absolute atomic E-state index is 12.4. The molecule has 0 aliphatic carbocycles. The second kappa shape index (κ2) is 6.90. The van der Waals surface area contributed by atoms with E-state index in [1.165, 1.54) is 19.1 Å². The van der Waals surface area contributed by atoms with Crippen LogP contribution in [0, 0.1) is 17.0 Å². The third-order valence-electron chi connectivity index (χ3n) is 2.67. The zero-order valence-corrected chi connectivity index (χ0v) is 10.8. The monoisotopic (exact) mass is 288 g/mol. The van der Waals surface area contributed by atoms with Gasteiger partial charge in [-0.15, -0.1) is 0 Å². The van der Waals surface area contributed by atoms with Crippen LogP contribution in [0.15, 0.2) is 18.2 Å². The number of halogens is 2. The predicted octanol–water partition coefficient (Wildman–Crippen LogP) is 1.60. The highest BCUT2D eigenvalue weighted by molar-refractivity contribution is 5.95. The summed E-state index contributed by atoms with van der Waals surface area (Å²) in [5.41, 5.74) is 0.0577. The van der Waals surface area contributed by atoms with Crippen molar-refractivity contribution in [3.8, 4) is 0 Å². The Morgan fingerprint density at radius 2 is 2.15 bits per heavy atom. The highest BCUT2D eigenvalue weighted by Crippen LogP contribution is 2.20. The first-order valence-corrected chi connectivity index (χ1v) is 5.80. The summed E-state index contributed by atoms with van der Waals surface area (Å²) < 4.78 is 24.7. The standard InChI is InChI=1S/C12H14F2N2O4/c1-8-2-3-9(6-10(8)16(19)20)12(18)15(4-5-17)7-11(13)14/h2-3,6,11,17H,4-5,7H2,1H3. The Morgan fingerprint density at radius 1 is 1.50 bits per heavy atom. The highest BCUT2D eigenvalue weighted by Gasteiger charge is 2.22. The first kappa shape index (κ1) is 16.0. The molecule has 1 aromatic carbocycles. The lowest BCUT2D eigenvalue weighted by Crippen LogP contribution is -2.37. The molecule has 1 amide bonds. The van der Waals surface area contributed by atoms with Gasteiger partial charge in [-0.25, -0.2) is 8.78 Å². The van der Waals surface area contributed by atoms with Gasteiger partial charge in [-0.2, -0.15) is 0 Å². The number of aryl methyl sites for hydroxylation is 1. The van der Waals surface area contributed by atoms with Gasteiger partial charge in [0.2, 0.25) is 0 Å². The van der Waals surface area contributed by atoms with Crippen molar-refractivity contribution in [3.05, 3.63) is 39.4 Å².